The zero-order valence-corrected chi connectivity index (χ0v) is 19.6. The first-order valence-electron chi connectivity index (χ1n) is 11.4. The van der Waals surface area contributed by atoms with Crippen molar-refractivity contribution in [2.24, 2.45) is 0 Å². The number of carbonyl (C=O) groups excluding carboxylic acids is 1. The number of hydrogen-bond acceptors (Lipinski definition) is 5. The van der Waals surface area contributed by atoms with Gasteiger partial charge in [0.05, 0.1) is 18.2 Å². The van der Waals surface area contributed by atoms with E-state index in [-0.39, 0.29) is 24.1 Å². The normalized spacial score (nSPS) is 16.2. The second-order valence-electron chi connectivity index (χ2n) is 8.61. The third-order valence-corrected chi connectivity index (χ3v) is 6.46. The molecular weight excluding hydrogens is 420 g/mol. The summed E-state index contributed by atoms with van der Waals surface area (Å²) in [5.74, 6) is 0.268. The average Bonchev–Trinajstić information content (AvgIpc) is 2.81. The number of piperidine rings is 1. The van der Waals surface area contributed by atoms with Crippen LogP contribution in [0.5, 0.6) is 5.75 Å². The van der Waals surface area contributed by atoms with Crippen LogP contribution in [0.1, 0.15) is 43.9 Å². The zero-order chi connectivity index (χ0) is 23.7. The van der Waals surface area contributed by atoms with Gasteiger partial charge in [-0.2, -0.15) is 0 Å². The Morgan fingerprint density at radius 2 is 1.94 bits per heavy atom. The fourth-order valence-corrected chi connectivity index (χ4v) is 4.83. The van der Waals surface area contributed by atoms with Crippen molar-refractivity contribution in [3.63, 3.8) is 0 Å². The molecule has 4 rings (SSSR count). The highest BCUT2D eigenvalue weighted by Gasteiger charge is 2.27. The Bertz CT molecular complexity index is 1320. The summed E-state index contributed by atoms with van der Waals surface area (Å²) < 4.78 is 7.92. The van der Waals surface area contributed by atoms with Gasteiger partial charge in [-0.1, -0.05) is 19.1 Å². The van der Waals surface area contributed by atoms with Gasteiger partial charge in [0.1, 0.15) is 12.3 Å². The first-order chi connectivity index (χ1) is 15.9. The Morgan fingerprint density at radius 1 is 1.18 bits per heavy atom. The van der Waals surface area contributed by atoms with Gasteiger partial charge in [-0.25, -0.2) is 18.9 Å². The van der Waals surface area contributed by atoms with Crippen LogP contribution in [-0.4, -0.2) is 44.6 Å². The van der Waals surface area contributed by atoms with E-state index in [1.807, 2.05) is 24.8 Å². The molecule has 3 heterocycles. The number of likely N-dealkylation sites (tertiary alicyclic amines) is 1. The second kappa shape index (κ2) is 9.21. The molecule has 8 nitrogen and oxygen atoms in total. The molecule has 33 heavy (non-hydrogen) atoms. The van der Waals surface area contributed by atoms with Crippen LogP contribution in [0.3, 0.4) is 0 Å². The fraction of sp³-hybridized carbons (Fsp3) is 0.440. The summed E-state index contributed by atoms with van der Waals surface area (Å²) in [7, 11) is 1.52. The number of pyridine rings is 1. The number of carbonyl (C=O) groups is 1. The maximum Gasteiger partial charge on any atom is 0.337 e. The van der Waals surface area contributed by atoms with Gasteiger partial charge in [0, 0.05) is 18.3 Å². The van der Waals surface area contributed by atoms with Gasteiger partial charge >= 0.3 is 5.69 Å². The summed E-state index contributed by atoms with van der Waals surface area (Å²) in [5.41, 5.74) is 1.03. The number of nitrogens with zero attached hydrogens (tertiary/aromatic N) is 4. The molecule has 1 aromatic carbocycles. The van der Waals surface area contributed by atoms with Crippen molar-refractivity contribution in [2.75, 3.05) is 13.7 Å². The Balaban J connectivity index is 1.96. The lowest BCUT2D eigenvalue weighted by atomic mass is 10.00. The van der Waals surface area contributed by atoms with Crippen molar-refractivity contribution >= 4 is 16.9 Å². The molecule has 0 radical (unpaired) electrons. The lowest BCUT2D eigenvalue weighted by Crippen LogP contribution is -2.49. The lowest BCUT2D eigenvalue weighted by molar-refractivity contribution is -0.135. The minimum atomic E-state index is -0.604. The quantitative estimate of drug-likeness (QED) is 0.597. The number of benzene rings is 1. The molecule has 0 bridgehead atoms. The third kappa shape index (κ3) is 4.05. The summed E-state index contributed by atoms with van der Waals surface area (Å²) in [4.78, 5) is 46.9. The van der Waals surface area contributed by atoms with E-state index in [0.29, 0.717) is 34.6 Å². The number of para-hydroxylation sites is 2. The van der Waals surface area contributed by atoms with E-state index in [9.17, 15) is 14.4 Å². The highest BCUT2D eigenvalue weighted by atomic mass is 16.5. The molecule has 0 aliphatic carbocycles. The van der Waals surface area contributed by atoms with Crippen LogP contribution in [0.2, 0.25) is 0 Å². The number of rotatable bonds is 5. The SMILES string of the molecule is CC[C@H]1CCCCN1C(=O)Cn1c(=O)c2c(C)cc(C)nc2n(-c2ccccc2OC)c1=O. The van der Waals surface area contributed by atoms with Crippen LogP contribution >= 0.6 is 0 Å². The van der Waals surface area contributed by atoms with Crippen molar-refractivity contribution in [1.82, 2.24) is 19.0 Å². The second-order valence-corrected chi connectivity index (χ2v) is 8.61. The summed E-state index contributed by atoms with van der Waals surface area (Å²) in [6.45, 7) is 6.05. The van der Waals surface area contributed by atoms with E-state index >= 15 is 0 Å². The van der Waals surface area contributed by atoms with Gasteiger partial charge < -0.3 is 9.64 Å². The van der Waals surface area contributed by atoms with Crippen molar-refractivity contribution in [3.8, 4) is 11.4 Å². The molecule has 2 aromatic heterocycles. The van der Waals surface area contributed by atoms with Crippen molar-refractivity contribution < 1.29 is 9.53 Å². The summed E-state index contributed by atoms with van der Waals surface area (Å²) >= 11 is 0. The molecule has 1 saturated heterocycles. The predicted octanol–water partition coefficient (Wildman–Crippen LogP) is 2.96. The highest BCUT2D eigenvalue weighted by Crippen LogP contribution is 2.24. The van der Waals surface area contributed by atoms with Crippen molar-refractivity contribution in [1.29, 1.82) is 0 Å². The number of fused-ring (bicyclic) bond motifs is 1. The summed E-state index contributed by atoms with van der Waals surface area (Å²) in [5, 5.41) is 0.324. The first kappa shape index (κ1) is 22.8. The minimum absolute atomic E-state index is 0.143. The molecule has 3 aromatic rings. The summed E-state index contributed by atoms with van der Waals surface area (Å²) in [6.07, 6.45) is 3.82. The Morgan fingerprint density at radius 3 is 2.67 bits per heavy atom. The topological polar surface area (TPSA) is 86.4 Å². The number of aryl methyl sites for hydroxylation is 2. The fourth-order valence-electron chi connectivity index (χ4n) is 4.83. The zero-order valence-electron chi connectivity index (χ0n) is 19.6. The molecule has 0 spiro atoms. The molecule has 1 atom stereocenters. The molecule has 1 fully saturated rings. The van der Waals surface area contributed by atoms with Crippen LogP contribution in [0.4, 0.5) is 0 Å². The van der Waals surface area contributed by atoms with Gasteiger partial charge in [-0.15, -0.1) is 0 Å². The standard InChI is InChI=1S/C25H30N4O4/c1-5-18-10-8-9-13-27(18)21(30)15-28-24(31)22-16(2)14-17(3)26-23(22)29(25(28)32)19-11-6-7-12-20(19)33-4/h6-7,11-12,14,18H,5,8-10,13,15H2,1-4H3/t18-/m0/s1. The van der Waals surface area contributed by atoms with E-state index in [4.69, 9.17) is 4.74 Å². The molecule has 1 amide bonds. The van der Waals surface area contributed by atoms with E-state index in [1.54, 1.807) is 24.3 Å². The first-order valence-corrected chi connectivity index (χ1v) is 11.4. The Kier molecular flexibility index (Phi) is 6.35. The van der Waals surface area contributed by atoms with Crippen LogP contribution in [0.25, 0.3) is 16.7 Å². The van der Waals surface area contributed by atoms with Gasteiger partial charge in [-0.3, -0.25) is 9.59 Å². The Hall–Kier alpha value is -3.42. The highest BCUT2D eigenvalue weighted by molar-refractivity contribution is 5.81. The third-order valence-electron chi connectivity index (χ3n) is 6.46. The average molecular weight is 451 g/mol. The van der Waals surface area contributed by atoms with E-state index in [2.05, 4.69) is 11.9 Å². The minimum Gasteiger partial charge on any atom is -0.495 e. The number of methoxy groups -OCH3 is 1. The van der Waals surface area contributed by atoms with Crippen molar-refractivity contribution in [2.45, 2.75) is 59.0 Å². The van der Waals surface area contributed by atoms with Gasteiger partial charge in [0.15, 0.2) is 5.65 Å². The molecule has 174 valence electrons. The number of ether oxygens (including phenoxy) is 1. The molecule has 1 aliphatic heterocycles. The lowest BCUT2D eigenvalue weighted by Gasteiger charge is -2.35. The predicted molar refractivity (Wildman–Crippen MR) is 127 cm³/mol. The van der Waals surface area contributed by atoms with Crippen LogP contribution in [0, 0.1) is 13.8 Å². The van der Waals surface area contributed by atoms with E-state index in [0.717, 1.165) is 30.3 Å². The van der Waals surface area contributed by atoms with Crippen LogP contribution < -0.4 is 16.0 Å². The number of hydrogen-bond donors (Lipinski definition) is 0. The van der Waals surface area contributed by atoms with E-state index in [1.165, 1.54) is 11.7 Å². The maximum atomic E-state index is 13.7. The van der Waals surface area contributed by atoms with E-state index < -0.39 is 11.2 Å². The van der Waals surface area contributed by atoms with Gasteiger partial charge in [0.2, 0.25) is 5.91 Å². The van der Waals surface area contributed by atoms with Crippen LogP contribution in [0.15, 0.2) is 39.9 Å². The molecule has 0 saturated carbocycles. The van der Waals surface area contributed by atoms with Gasteiger partial charge in [-0.05, 0) is 63.3 Å². The largest absolute Gasteiger partial charge is 0.495 e. The molecule has 0 N–H and O–H groups in total. The Labute approximate surface area is 192 Å². The number of amides is 1. The summed E-state index contributed by atoms with van der Waals surface area (Å²) in [6, 6.07) is 9.04. The van der Waals surface area contributed by atoms with Crippen LogP contribution in [-0.2, 0) is 11.3 Å². The smallest absolute Gasteiger partial charge is 0.337 e. The van der Waals surface area contributed by atoms with Crippen molar-refractivity contribution in [3.05, 3.63) is 62.4 Å². The number of aromatic nitrogens is 3. The monoisotopic (exact) mass is 450 g/mol. The van der Waals surface area contributed by atoms with Gasteiger partial charge in [0.25, 0.3) is 5.56 Å². The molecular formula is C25H30N4O4. The maximum absolute atomic E-state index is 13.7. The molecule has 8 heteroatoms. The molecule has 1 aliphatic rings. The molecule has 0 unspecified atom stereocenters.